The third-order valence-corrected chi connectivity index (χ3v) is 2.46. The zero-order chi connectivity index (χ0) is 11.8. The quantitative estimate of drug-likeness (QED) is 0.547. The van der Waals surface area contributed by atoms with Crippen LogP contribution in [0, 0.1) is 0 Å². The van der Waals surface area contributed by atoms with Crippen LogP contribution in [0.5, 0.6) is 0 Å². The van der Waals surface area contributed by atoms with Crippen molar-refractivity contribution in [1.29, 1.82) is 0 Å². The Hall–Kier alpha value is -0.0400. The molecule has 0 aromatic rings. The fourth-order valence-corrected chi connectivity index (χ4v) is 1.46. The smallest absolute Gasteiger partial charge is 0.00775 e. The Balaban J connectivity index is 0. The molecule has 0 unspecified atom stereocenters. The molecule has 1 N–H and O–H groups in total. The molecule has 0 aromatic heterocycles. The molecular weight excluding hydrogens is 182 g/mol. The number of hydrogen-bond acceptors (Lipinski definition) is 1. The number of hydrogen-bond donors (Lipinski definition) is 1. The number of unbranched alkanes of at least 4 members (excludes halogenated alkanes) is 7. The second-order valence-electron chi connectivity index (χ2n) is 4.08. The maximum Gasteiger partial charge on any atom is -0.00775 e. The van der Waals surface area contributed by atoms with Crippen molar-refractivity contribution in [3.05, 3.63) is 0 Å². The lowest BCUT2D eigenvalue weighted by Crippen LogP contribution is -2.09. The molecule has 0 saturated carbocycles. The van der Waals surface area contributed by atoms with Crippen LogP contribution in [0.25, 0.3) is 0 Å². The molecule has 0 aliphatic heterocycles. The lowest BCUT2D eigenvalue weighted by atomic mass is 10.1. The zero-order valence-corrected chi connectivity index (χ0v) is 11.6. The molecule has 0 spiro atoms. The van der Waals surface area contributed by atoms with Crippen LogP contribution in [0.3, 0.4) is 0 Å². The van der Waals surface area contributed by atoms with Crippen molar-refractivity contribution in [1.82, 2.24) is 5.32 Å². The molecule has 0 atom stereocenters. The molecule has 0 amide bonds. The molecule has 0 aromatic carbocycles. The third-order valence-electron chi connectivity index (χ3n) is 2.46. The average Bonchev–Trinajstić information content (AvgIpc) is 2.25. The molecule has 0 aliphatic carbocycles. The van der Waals surface area contributed by atoms with Gasteiger partial charge in [-0.15, -0.1) is 0 Å². The first-order valence-electron chi connectivity index (χ1n) is 7.04. The topological polar surface area (TPSA) is 12.0 Å². The van der Waals surface area contributed by atoms with Gasteiger partial charge in [-0.1, -0.05) is 79.1 Å². The van der Waals surface area contributed by atoms with Gasteiger partial charge in [0, 0.05) is 0 Å². The van der Waals surface area contributed by atoms with E-state index in [1.54, 1.807) is 0 Å². The van der Waals surface area contributed by atoms with Gasteiger partial charge in [0.25, 0.3) is 0 Å². The highest BCUT2D eigenvalue weighted by molar-refractivity contribution is 4.43. The van der Waals surface area contributed by atoms with Gasteiger partial charge >= 0.3 is 0 Å². The van der Waals surface area contributed by atoms with Crippen LogP contribution < -0.4 is 5.32 Å². The molecule has 1 heteroatoms. The van der Waals surface area contributed by atoms with Gasteiger partial charge in [-0.2, -0.15) is 0 Å². The molecule has 0 rings (SSSR count). The monoisotopic (exact) mass is 215 g/mol. The molecule has 94 valence electrons. The van der Waals surface area contributed by atoms with Crippen LogP contribution in [0.4, 0.5) is 0 Å². The molecule has 1 nitrogen and oxygen atoms in total. The predicted octanol–water partition coefficient (Wildman–Crippen LogP) is 4.76. The van der Waals surface area contributed by atoms with Crippen LogP contribution in [-0.4, -0.2) is 13.1 Å². The van der Waals surface area contributed by atoms with Crippen molar-refractivity contribution in [2.45, 2.75) is 79.1 Å². The van der Waals surface area contributed by atoms with Crippen molar-refractivity contribution >= 4 is 0 Å². The van der Waals surface area contributed by atoms with E-state index in [9.17, 15) is 0 Å². The Kier molecular flexibility index (Phi) is 22.6. The summed E-state index contributed by atoms with van der Waals surface area (Å²) in [6.45, 7) is 10.9. The highest BCUT2D eigenvalue weighted by Gasteiger charge is 1.87. The van der Waals surface area contributed by atoms with Gasteiger partial charge in [0.2, 0.25) is 0 Å². The van der Waals surface area contributed by atoms with Gasteiger partial charge in [0.05, 0.1) is 0 Å². The maximum absolute atomic E-state index is 3.11. The maximum atomic E-state index is 3.11. The predicted molar refractivity (Wildman–Crippen MR) is 72.5 cm³/mol. The van der Waals surface area contributed by atoms with E-state index in [2.05, 4.69) is 33.0 Å². The van der Waals surface area contributed by atoms with E-state index in [1.165, 1.54) is 51.4 Å². The van der Waals surface area contributed by atoms with E-state index in [-0.39, 0.29) is 0 Å². The van der Waals surface area contributed by atoms with Crippen LogP contribution in [0.2, 0.25) is 0 Å². The second kappa shape index (κ2) is 19.5. The third kappa shape index (κ3) is 24.9. The largest absolute Gasteiger partial charge is 0.317 e. The Labute approximate surface area is 98.0 Å². The molecule has 0 fully saturated rings. The van der Waals surface area contributed by atoms with Gasteiger partial charge in [0.15, 0.2) is 0 Å². The van der Waals surface area contributed by atoms with E-state index < -0.39 is 0 Å². The van der Waals surface area contributed by atoms with Gasteiger partial charge < -0.3 is 5.32 Å². The van der Waals surface area contributed by atoms with Gasteiger partial charge in [0.1, 0.15) is 0 Å². The Morgan fingerprint density at radius 3 is 1.07 bits per heavy atom. The highest BCUT2D eigenvalue weighted by atomic mass is 14.8. The van der Waals surface area contributed by atoms with Crippen LogP contribution >= 0.6 is 0 Å². The fourth-order valence-electron chi connectivity index (χ4n) is 1.46. The minimum Gasteiger partial charge on any atom is -0.317 e. The normalized spacial score (nSPS) is 9.60. The minimum atomic E-state index is 1.09. The van der Waals surface area contributed by atoms with Gasteiger partial charge in [-0.25, -0.2) is 0 Å². The summed E-state index contributed by atoms with van der Waals surface area (Å²) in [7, 11) is 0. The standard InChI is InChI=1S/C10H22.C4H11N/c1-3-5-7-9-10-8-6-4-2;1-3-5-4-2/h3-10H2,1-2H3;5H,3-4H2,1-2H3. The Morgan fingerprint density at radius 2 is 0.867 bits per heavy atom. The molecule has 0 radical (unpaired) electrons. The molecular formula is C14H33N. The van der Waals surface area contributed by atoms with E-state index >= 15 is 0 Å². The minimum absolute atomic E-state index is 1.09. The Morgan fingerprint density at radius 1 is 0.533 bits per heavy atom. The summed E-state index contributed by atoms with van der Waals surface area (Å²) in [4.78, 5) is 0. The summed E-state index contributed by atoms with van der Waals surface area (Å²) in [6.07, 6.45) is 11.5. The van der Waals surface area contributed by atoms with Crippen molar-refractivity contribution in [2.75, 3.05) is 13.1 Å². The highest BCUT2D eigenvalue weighted by Crippen LogP contribution is 2.07. The summed E-state index contributed by atoms with van der Waals surface area (Å²) < 4.78 is 0. The first-order chi connectivity index (χ1) is 7.33. The van der Waals surface area contributed by atoms with E-state index in [4.69, 9.17) is 0 Å². The van der Waals surface area contributed by atoms with Gasteiger partial charge in [-0.05, 0) is 13.1 Å². The number of rotatable bonds is 9. The van der Waals surface area contributed by atoms with Crippen molar-refractivity contribution in [3.8, 4) is 0 Å². The molecule has 0 heterocycles. The van der Waals surface area contributed by atoms with E-state index in [0.717, 1.165) is 13.1 Å². The van der Waals surface area contributed by atoms with Crippen LogP contribution in [0.15, 0.2) is 0 Å². The SMILES string of the molecule is CCCCCCCCCC.CCNCC. The fraction of sp³-hybridized carbons (Fsp3) is 1.00. The second-order valence-corrected chi connectivity index (χ2v) is 4.08. The van der Waals surface area contributed by atoms with Crippen molar-refractivity contribution in [2.24, 2.45) is 0 Å². The zero-order valence-electron chi connectivity index (χ0n) is 11.6. The van der Waals surface area contributed by atoms with Gasteiger partial charge in [-0.3, -0.25) is 0 Å². The summed E-state index contributed by atoms with van der Waals surface area (Å²) in [5.41, 5.74) is 0. The average molecular weight is 215 g/mol. The summed E-state index contributed by atoms with van der Waals surface area (Å²) in [5.74, 6) is 0. The molecule has 0 aliphatic rings. The van der Waals surface area contributed by atoms with Crippen LogP contribution in [-0.2, 0) is 0 Å². The lowest BCUT2D eigenvalue weighted by molar-refractivity contribution is 0.585. The first-order valence-corrected chi connectivity index (χ1v) is 7.04. The Bertz CT molecular complexity index is 71.4. The molecule has 0 bridgehead atoms. The van der Waals surface area contributed by atoms with Crippen molar-refractivity contribution in [3.63, 3.8) is 0 Å². The molecule has 0 saturated heterocycles. The summed E-state index contributed by atoms with van der Waals surface area (Å²) >= 11 is 0. The van der Waals surface area contributed by atoms with E-state index in [0.29, 0.717) is 0 Å². The van der Waals surface area contributed by atoms with Crippen molar-refractivity contribution < 1.29 is 0 Å². The summed E-state index contributed by atoms with van der Waals surface area (Å²) in [6, 6.07) is 0. The summed E-state index contributed by atoms with van der Waals surface area (Å²) in [5, 5.41) is 3.11. The van der Waals surface area contributed by atoms with E-state index in [1.807, 2.05) is 0 Å². The number of nitrogens with one attached hydrogen (secondary N) is 1. The lowest BCUT2D eigenvalue weighted by Gasteiger charge is -1.97. The first kappa shape index (κ1) is 17.4. The van der Waals surface area contributed by atoms with Crippen LogP contribution in [0.1, 0.15) is 79.1 Å². The molecule has 15 heavy (non-hydrogen) atoms.